The predicted molar refractivity (Wildman–Crippen MR) is 87.0 cm³/mol. The fourth-order valence-electron chi connectivity index (χ4n) is 3.88. The third-order valence-electron chi connectivity index (χ3n) is 4.97. The minimum absolute atomic E-state index is 0.341. The van der Waals surface area contributed by atoms with Gasteiger partial charge in [0.2, 0.25) is 0 Å². The van der Waals surface area contributed by atoms with Crippen LogP contribution in [0.4, 0.5) is 0 Å². The molecule has 2 aliphatic rings. The summed E-state index contributed by atoms with van der Waals surface area (Å²) in [5, 5.41) is 2.15. The summed E-state index contributed by atoms with van der Waals surface area (Å²) < 4.78 is 6.30. The Bertz CT molecular complexity index is 631. The number of fused-ring (bicyclic) bond motifs is 1. The van der Waals surface area contributed by atoms with Crippen molar-refractivity contribution in [1.82, 2.24) is 14.9 Å². The molecule has 4 nitrogen and oxygen atoms in total. The van der Waals surface area contributed by atoms with Crippen molar-refractivity contribution in [3.8, 4) is 5.75 Å². The van der Waals surface area contributed by atoms with E-state index in [9.17, 15) is 0 Å². The van der Waals surface area contributed by atoms with Crippen LogP contribution in [0.5, 0.6) is 5.75 Å². The second-order valence-electron chi connectivity index (χ2n) is 6.42. The van der Waals surface area contributed by atoms with Gasteiger partial charge >= 0.3 is 0 Å². The maximum Gasteiger partial charge on any atom is 0.140 e. The Balaban J connectivity index is 1.41. The fraction of sp³-hybridized carbons (Fsp3) is 0.529. The second-order valence-corrected chi connectivity index (χ2v) is 7.14. The van der Waals surface area contributed by atoms with Gasteiger partial charge in [0.05, 0.1) is 16.9 Å². The van der Waals surface area contributed by atoms with E-state index in [1.54, 1.807) is 11.3 Å². The van der Waals surface area contributed by atoms with Crippen LogP contribution in [-0.2, 0) is 6.54 Å². The average molecular weight is 315 g/mol. The summed E-state index contributed by atoms with van der Waals surface area (Å²) in [5.74, 6) is 2.38. The van der Waals surface area contributed by atoms with Gasteiger partial charge in [-0.25, -0.2) is 4.98 Å². The molecule has 2 fully saturated rings. The molecular formula is C17H21N3OS. The topological polar surface area (TPSA) is 38.2 Å². The number of rotatable bonds is 4. The Hall–Kier alpha value is -1.46. The zero-order valence-corrected chi connectivity index (χ0v) is 13.6. The van der Waals surface area contributed by atoms with Crippen LogP contribution in [0.15, 0.2) is 29.2 Å². The number of hydrogen-bond donors (Lipinski definition) is 0. The molecule has 1 aliphatic heterocycles. The minimum atomic E-state index is 0.341. The van der Waals surface area contributed by atoms with Crippen molar-refractivity contribution in [3.05, 3.63) is 40.6 Å². The molecule has 1 saturated heterocycles. The quantitative estimate of drug-likeness (QED) is 0.869. The van der Waals surface area contributed by atoms with Crippen LogP contribution in [0.1, 0.15) is 24.2 Å². The number of thiazole rings is 1. The zero-order chi connectivity index (χ0) is 14.9. The molecule has 2 aromatic rings. The lowest BCUT2D eigenvalue weighted by atomic mass is 9.99. The lowest BCUT2D eigenvalue weighted by molar-refractivity contribution is 0.146. The van der Waals surface area contributed by atoms with Crippen molar-refractivity contribution in [3.63, 3.8) is 0 Å². The largest absolute Gasteiger partial charge is 0.488 e. The van der Waals surface area contributed by atoms with Crippen LogP contribution < -0.4 is 4.74 Å². The molecule has 0 spiro atoms. The zero-order valence-electron chi connectivity index (χ0n) is 12.8. The van der Waals surface area contributed by atoms with Gasteiger partial charge in [0.1, 0.15) is 11.9 Å². The predicted octanol–water partition coefficient (Wildman–Crippen LogP) is 3.14. The Morgan fingerprint density at radius 1 is 1.32 bits per heavy atom. The first kappa shape index (κ1) is 14.2. The first-order chi connectivity index (χ1) is 10.8. The number of pyridine rings is 1. The SMILES string of the molecule is Cc1ncccc1OC1CCC2CN(Cc3cscn3)CC21. The highest BCUT2D eigenvalue weighted by molar-refractivity contribution is 7.07. The van der Waals surface area contributed by atoms with Crippen LogP contribution in [0.3, 0.4) is 0 Å². The van der Waals surface area contributed by atoms with Gasteiger partial charge in [0.25, 0.3) is 0 Å². The highest BCUT2D eigenvalue weighted by Crippen LogP contribution is 2.40. The molecule has 0 N–H and O–H groups in total. The van der Waals surface area contributed by atoms with E-state index in [0.717, 1.165) is 30.5 Å². The van der Waals surface area contributed by atoms with Crippen LogP contribution in [0.25, 0.3) is 0 Å². The first-order valence-corrected chi connectivity index (χ1v) is 8.91. The molecule has 0 radical (unpaired) electrons. The van der Waals surface area contributed by atoms with Crippen molar-refractivity contribution >= 4 is 11.3 Å². The Labute approximate surface area is 135 Å². The van der Waals surface area contributed by atoms with E-state index in [-0.39, 0.29) is 0 Å². The lowest BCUT2D eigenvalue weighted by Crippen LogP contribution is -2.28. The number of ether oxygens (including phenoxy) is 1. The summed E-state index contributed by atoms with van der Waals surface area (Å²) in [7, 11) is 0. The van der Waals surface area contributed by atoms with Crippen LogP contribution in [0.2, 0.25) is 0 Å². The standard InChI is InChI=1S/C17H21N3OS/c1-12-16(3-2-6-18-12)21-17-5-4-13-7-20(9-15(13)17)8-14-10-22-11-19-14/h2-3,6,10-11,13,15,17H,4-5,7-9H2,1H3. The van der Waals surface area contributed by atoms with Crippen molar-refractivity contribution in [2.75, 3.05) is 13.1 Å². The van der Waals surface area contributed by atoms with Crippen molar-refractivity contribution in [2.24, 2.45) is 11.8 Å². The van der Waals surface area contributed by atoms with Gasteiger partial charge in [-0.05, 0) is 37.8 Å². The first-order valence-electron chi connectivity index (χ1n) is 7.97. The Kier molecular flexibility index (Phi) is 3.84. The third kappa shape index (κ3) is 2.75. The van der Waals surface area contributed by atoms with Crippen LogP contribution in [-0.4, -0.2) is 34.1 Å². The molecule has 3 unspecified atom stereocenters. The number of aromatic nitrogens is 2. The molecule has 2 aromatic heterocycles. The summed E-state index contributed by atoms with van der Waals surface area (Å²) in [6.45, 7) is 5.32. The molecule has 5 heteroatoms. The van der Waals surface area contributed by atoms with Gasteiger partial charge in [0, 0.05) is 37.1 Å². The van der Waals surface area contributed by atoms with Gasteiger partial charge in [0.15, 0.2) is 0 Å². The molecule has 0 amide bonds. The highest BCUT2D eigenvalue weighted by Gasteiger charge is 2.43. The molecule has 1 aliphatic carbocycles. The smallest absolute Gasteiger partial charge is 0.140 e. The van der Waals surface area contributed by atoms with Gasteiger partial charge in [-0.1, -0.05) is 0 Å². The monoisotopic (exact) mass is 315 g/mol. The van der Waals surface area contributed by atoms with Crippen molar-refractivity contribution in [2.45, 2.75) is 32.4 Å². The normalized spacial score (nSPS) is 28.0. The van der Waals surface area contributed by atoms with Crippen molar-refractivity contribution in [1.29, 1.82) is 0 Å². The molecule has 22 heavy (non-hydrogen) atoms. The van der Waals surface area contributed by atoms with E-state index >= 15 is 0 Å². The number of nitrogens with zero attached hydrogens (tertiary/aromatic N) is 3. The van der Waals surface area contributed by atoms with E-state index in [0.29, 0.717) is 12.0 Å². The van der Waals surface area contributed by atoms with Crippen LogP contribution >= 0.6 is 11.3 Å². The molecular weight excluding hydrogens is 294 g/mol. The number of likely N-dealkylation sites (tertiary alicyclic amines) is 1. The van der Waals surface area contributed by atoms with E-state index in [4.69, 9.17) is 4.74 Å². The lowest BCUT2D eigenvalue weighted by Gasteiger charge is -2.22. The molecule has 4 rings (SSSR count). The molecule has 3 atom stereocenters. The van der Waals surface area contributed by atoms with E-state index in [2.05, 4.69) is 20.2 Å². The minimum Gasteiger partial charge on any atom is -0.488 e. The van der Waals surface area contributed by atoms with Crippen molar-refractivity contribution < 1.29 is 4.74 Å². The van der Waals surface area contributed by atoms with Crippen LogP contribution in [0, 0.1) is 18.8 Å². The maximum absolute atomic E-state index is 6.30. The Morgan fingerprint density at radius 2 is 2.27 bits per heavy atom. The van der Waals surface area contributed by atoms with Gasteiger partial charge in [-0.15, -0.1) is 11.3 Å². The number of aryl methyl sites for hydroxylation is 1. The van der Waals surface area contributed by atoms with Gasteiger partial charge < -0.3 is 4.74 Å². The van der Waals surface area contributed by atoms with E-state index in [1.807, 2.05) is 30.8 Å². The van der Waals surface area contributed by atoms with Gasteiger partial charge in [-0.2, -0.15) is 0 Å². The summed E-state index contributed by atoms with van der Waals surface area (Å²) in [6.07, 6.45) is 4.62. The van der Waals surface area contributed by atoms with E-state index < -0.39 is 0 Å². The summed E-state index contributed by atoms with van der Waals surface area (Å²) in [5.41, 5.74) is 4.11. The maximum atomic E-state index is 6.30. The molecule has 1 saturated carbocycles. The summed E-state index contributed by atoms with van der Waals surface area (Å²) in [4.78, 5) is 11.3. The Morgan fingerprint density at radius 3 is 3.09 bits per heavy atom. The third-order valence-corrected chi connectivity index (χ3v) is 5.61. The fourth-order valence-corrected chi connectivity index (χ4v) is 4.43. The summed E-state index contributed by atoms with van der Waals surface area (Å²) in [6, 6.07) is 4.00. The molecule has 0 aromatic carbocycles. The molecule has 0 bridgehead atoms. The second kappa shape index (κ2) is 5.97. The molecule has 116 valence electrons. The summed E-state index contributed by atoms with van der Waals surface area (Å²) >= 11 is 1.68. The van der Waals surface area contributed by atoms with Gasteiger partial charge in [-0.3, -0.25) is 9.88 Å². The average Bonchev–Trinajstić information content (AvgIpc) is 3.21. The molecule has 3 heterocycles. The highest BCUT2D eigenvalue weighted by atomic mass is 32.1. The number of hydrogen-bond acceptors (Lipinski definition) is 5. The van der Waals surface area contributed by atoms with E-state index in [1.165, 1.54) is 25.1 Å².